The van der Waals surface area contributed by atoms with Crippen LogP contribution in [0.25, 0.3) is 0 Å². The first-order valence-electron chi connectivity index (χ1n) is 4.52. The summed E-state index contributed by atoms with van der Waals surface area (Å²) in [4.78, 5) is 10.9. The minimum atomic E-state index is -0.0249. The summed E-state index contributed by atoms with van der Waals surface area (Å²) in [6, 6.07) is 0.212. The smallest absolute Gasteiger partial charge is 0.128 e. The maximum absolute atomic E-state index is 10.9. The molecule has 4 fully saturated rings. The zero-order chi connectivity index (χ0) is 7.64. The van der Waals surface area contributed by atoms with Gasteiger partial charge in [-0.05, 0) is 37.0 Å². The highest BCUT2D eigenvalue weighted by molar-refractivity contribution is 5.69. The van der Waals surface area contributed by atoms with Crippen molar-refractivity contribution >= 4 is 6.29 Å². The van der Waals surface area contributed by atoms with Crippen molar-refractivity contribution in [2.45, 2.75) is 25.3 Å². The average molecular weight is 151 g/mol. The molecule has 5 atom stereocenters. The lowest BCUT2D eigenvalue weighted by atomic mass is 9.78. The topological polar surface area (TPSA) is 43.1 Å². The van der Waals surface area contributed by atoms with E-state index >= 15 is 0 Å². The summed E-state index contributed by atoms with van der Waals surface area (Å²) < 4.78 is 0. The van der Waals surface area contributed by atoms with Crippen LogP contribution in [-0.4, -0.2) is 12.3 Å². The second-order valence-electron chi connectivity index (χ2n) is 4.43. The summed E-state index contributed by atoms with van der Waals surface area (Å²) in [6.07, 6.45) is 4.94. The first kappa shape index (κ1) is 6.18. The highest BCUT2D eigenvalue weighted by Gasteiger charge is 2.75. The van der Waals surface area contributed by atoms with Gasteiger partial charge in [-0.15, -0.1) is 0 Å². The minimum absolute atomic E-state index is 0.0249. The van der Waals surface area contributed by atoms with Crippen molar-refractivity contribution in [3.8, 4) is 0 Å². The number of carbonyl (C=O) groups excluding carboxylic acids is 1. The normalized spacial score (nSPS) is 64.5. The van der Waals surface area contributed by atoms with Gasteiger partial charge in [-0.25, -0.2) is 0 Å². The third kappa shape index (κ3) is 0.442. The van der Waals surface area contributed by atoms with Crippen molar-refractivity contribution in [1.29, 1.82) is 0 Å². The van der Waals surface area contributed by atoms with E-state index in [9.17, 15) is 4.79 Å². The quantitative estimate of drug-likeness (QED) is 0.556. The van der Waals surface area contributed by atoms with E-state index in [4.69, 9.17) is 5.73 Å². The van der Waals surface area contributed by atoms with Gasteiger partial charge in [0.05, 0.1) is 0 Å². The van der Waals surface area contributed by atoms with Crippen molar-refractivity contribution in [2.75, 3.05) is 0 Å². The van der Waals surface area contributed by atoms with Crippen molar-refractivity contribution in [3.05, 3.63) is 0 Å². The summed E-state index contributed by atoms with van der Waals surface area (Å²) in [7, 11) is 0. The maximum Gasteiger partial charge on any atom is 0.128 e. The summed E-state index contributed by atoms with van der Waals surface area (Å²) >= 11 is 0. The Labute approximate surface area is 66.1 Å². The van der Waals surface area contributed by atoms with Crippen molar-refractivity contribution in [3.63, 3.8) is 0 Å². The van der Waals surface area contributed by atoms with Gasteiger partial charge in [-0.1, -0.05) is 0 Å². The summed E-state index contributed by atoms with van der Waals surface area (Å²) in [5.74, 6) is 2.05. The molecule has 4 rings (SSSR count). The van der Waals surface area contributed by atoms with Crippen LogP contribution >= 0.6 is 0 Å². The van der Waals surface area contributed by atoms with Gasteiger partial charge in [0.15, 0.2) is 0 Å². The van der Waals surface area contributed by atoms with Crippen LogP contribution in [0.3, 0.4) is 0 Å². The molecule has 60 valence electrons. The van der Waals surface area contributed by atoms with E-state index < -0.39 is 0 Å². The van der Waals surface area contributed by atoms with Crippen LogP contribution in [0.2, 0.25) is 0 Å². The molecule has 0 radical (unpaired) electrons. The fourth-order valence-electron chi connectivity index (χ4n) is 3.73. The Hall–Kier alpha value is -0.370. The first-order chi connectivity index (χ1) is 5.30. The monoisotopic (exact) mass is 151 g/mol. The molecule has 0 saturated heterocycles. The zero-order valence-electron chi connectivity index (χ0n) is 6.49. The predicted molar refractivity (Wildman–Crippen MR) is 40.8 cm³/mol. The van der Waals surface area contributed by atoms with Crippen molar-refractivity contribution in [1.82, 2.24) is 0 Å². The van der Waals surface area contributed by atoms with E-state index in [2.05, 4.69) is 0 Å². The molecule has 4 aliphatic carbocycles. The van der Waals surface area contributed by atoms with Crippen LogP contribution in [-0.2, 0) is 4.79 Å². The van der Waals surface area contributed by atoms with Crippen LogP contribution in [0.1, 0.15) is 19.3 Å². The lowest BCUT2D eigenvalue weighted by Crippen LogP contribution is -2.41. The molecule has 0 aromatic heterocycles. The molecular weight excluding hydrogens is 138 g/mol. The average Bonchev–Trinajstić information content (AvgIpc) is 2.65. The van der Waals surface area contributed by atoms with Gasteiger partial charge >= 0.3 is 0 Å². The van der Waals surface area contributed by atoms with E-state index in [0.717, 1.165) is 6.29 Å². The van der Waals surface area contributed by atoms with Crippen LogP contribution in [0.4, 0.5) is 0 Å². The third-order valence-electron chi connectivity index (χ3n) is 4.36. The highest BCUT2D eigenvalue weighted by Crippen LogP contribution is 2.73. The van der Waals surface area contributed by atoms with Crippen molar-refractivity contribution in [2.24, 2.45) is 28.9 Å². The zero-order valence-corrected chi connectivity index (χ0v) is 6.49. The minimum Gasteiger partial charge on any atom is -0.327 e. The number of carbonyl (C=O) groups is 1. The second kappa shape index (κ2) is 1.53. The van der Waals surface area contributed by atoms with Crippen LogP contribution in [0, 0.1) is 23.2 Å². The van der Waals surface area contributed by atoms with Gasteiger partial charge in [-0.3, -0.25) is 0 Å². The maximum atomic E-state index is 10.9. The fourth-order valence-corrected chi connectivity index (χ4v) is 3.73. The summed E-state index contributed by atoms with van der Waals surface area (Å²) in [5.41, 5.74) is 5.99. The van der Waals surface area contributed by atoms with Crippen molar-refractivity contribution < 1.29 is 4.79 Å². The molecule has 11 heavy (non-hydrogen) atoms. The van der Waals surface area contributed by atoms with E-state index in [1.165, 1.54) is 19.3 Å². The SMILES string of the molecule is NC1C2CCC3C(C2)C13C=O. The Bertz CT molecular complexity index is 222. The number of fused-ring (bicyclic) bond motifs is 1. The van der Waals surface area contributed by atoms with Gasteiger partial charge in [0.2, 0.25) is 0 Å². The summed E-state index contributed by atoms with van der Waals surface area (Å²) in [6.45, 7) is 0. The Morgan fingerprint density at radius 2 is 2.18 bits per heavy atom. The third-order valence-corrected chi connectivity index (χ3v) is 4.36. The molecule has 0 aromatic carbocycles. The van der Waals surface area contributed by atoms with Gasteiger partial charge < -0.3 is 10.5 Å². The highest BCUT2D eigenvalue weighted by atomic mass is 16.1. The molecule has 2 heteroatoms. The molecule has 0 aliphatic heterocycles. The Kier molecular flexibility index (Phi) is 0.861. The first-order valence-corrected chi connectivity index (χ1v) is 4.52. The number of aldehydes is 1. The Morgan fingerprint density at radius 1 is 1.36 bits per heavy atom. The van der Waals surface area contributed by atoms with Gasteiger partial charge in [0.1, 0.15) is 6.29 Å². The molecule has 2 N–H and O–H groups in total. The molecular formula is C9H13NO. The molecule has 0 aromatic rings. The van der Waals surface area contributed by atoms with E-state index in [-0.39, 0.29) is 11.5 Å². The number of nitrogens with two attached hydrogens (primary N) is 1. The van der Waals surface area contributed by atoms with Crippen LogP contribution in [0.15, 0.2) is 0 Å². The Balaban J connectivity index is 2.05. The summed E-state index contributed by atoms with van der Waals surface area (Å²) in [5, 5.41) is 0. The van der Waals surface area contributed by atoms with E-state index in [0.29, 0.717) is 17.8 Å². The van der Waals surface area contributed by atoms with Crippen LogP contribution < -0.4 is 5.73 Å². The lowest BCUT2D eigenvalue weighted by Gasteiger charge is -2.30. The van der Waals surface area contributed by atoms with Crippen LogP contribution in [0.5, 0.6) is 0 Å². The van der Waals surface area contributed by atoms with E-state index in [1.54, 1.807) is 0 Å². The largest absolute Gasteiger partial charge is 0.327 e. The van der Waals surface area contributed by atoms with E-state index in [1.807, 2.05) is 0 Å². The Morgan fingerprint density at radius 3 is 2.55 bits per heavy atom. The molecule has 2 nitrogen and oxygen atoms in total. The molecule has 0 amide bonds. The fraction of sp³-hybridized carbons (Fsp3) is 0.889. The molecule has 0 heterocycles. The van der Waals surface area contributed by atoms with Gasteiger partial charge in [-0.2, -0.15) is 0 Å². The number of hydrogen-bond donors (Lipinski definition) is 1. The second-order valence-corrected chi connectivity index (χ2v) is 4.43. The molecule has 0 spiro atoms. The lowest BCUT2D eigenvalue weighted by molar-refractivity contribution is -0.113. The predicted octanol–water partition coefficient (Wildman–Crippen LogP) is 0.559. The molecule has 4 bridgehead atoms. The number of hydrogen-bond acceptors (Lipinski definition) is 2. The van der Waals surface area contributed by atoms with Gasteiger partial charge in [0.25, 0.3) is 0 Å². The molecule has 4 saturated carbocycles. The number of rotatable bonds is 1. The molecule has 4 aliphatic rings. The molecule has 5 unspecified atom stereocenters. The standard InChI is InChI=1S/C9H13NO/c10-8-5-1-2-6-7(3-5)9(6,8)4-11/h4-8H,1-3,10H2. The van der Waals surface area contributed by atoms with Gasteiger partial charge in [0, 0.05) is 11.5 Å².